The van der Waals surface area contributed by atoms with Crippen LogP contribution in [-0.2, 0) is 14.8 Å². The molecule has 1 aromatic carbocycles. The lowest BCUT2D eigenvalue weighted by Crippen LogP contribution is -2.41. The number of fused-ring (bicyclic) bond motifs is 1. The highest BCUT2D eigenvalue weighted by molar-refractivity contribution is 7.89. The number of sulfonamides is 1. The number of morpholine rings is 1. The molecule has 1 amide bonds. The van der Waals surface area contributed by atoms with Crippen LogP contribution in [0.5, 0.6) is 11.5 Å². The number of nitrogens with one attached hydrogen (secondary N) is 1. The van der Waals surface area contributed by atoms with Crippen LogP contribution in [0.2, 0.25) is 5.02 Å². The molecule has 4 rings (SSSR count). The van der Waals surface area contributed by atoms with Crippen LogP contribution < -0.4 is 14.8 Å². The molecular formula is C18H19ClN2O6S2. The molecule has 0 radical (unpaired) electrons. The first-order chi connectivity index (χ1) is 14.0. The van der Waals surface area contributed by atoms with Gasteiger partial charge >= 0.3 is 0 Å². The zero-order valence-corrected chi connectivity index (χ0v) is 17.7. The van der Waals surface area contributed by atoms with Crippen molar-refractivity contribution in [3.8, 4) is 11.5 Å². The summed E-state index contributed by atoms with van der Waals surface area (Å²) in [5, 5.41) is 4.55. The minimum absolute atomic E-state index is 0.0210. The molecule has 0 saturated carbocycles. The van der Waals surface area contributed by atoms with Crippen LogP contribution in [0.15, 0.2) is 28.5 Å². The molecule has 156 valence electrons. The number of rotatable bonds is 4. The topological polar surface area (TPSA) is 94.2 Å². The molecule has 8 nitrogen and oxygen atoms in total. The molecule has 11 heteroatoms. The summed E-state index contributed by atoms with van der Waals surface area (Å²) < 4.78 is 43.7. The van der Waals surface area contributed by atoms with Crippen LogP contribution in [0.1, 0.15) is 16.1 Å². The van der Waals surface area contributed by atoms with E-state index in [9.17, 15) is 13.2 Å². The third-order valence-corrected chi connectivity index (χ3v) is 7.80. The standard InChI is InChI=1S/C18H19ClN2O6S2/c19-12-10-14-15(27-6-1-5-26-14)11-13(12)20-18(22)17-16(2-9-28-17)29(23,24)21-3-7-25-8-4-21/h2,9-11H,1,3-8H2,(H,20,22). The van der Waals surface area contributed by atoms with Crippen molar-refractivity contribution in [1.29, 1.82) is 0 Å². The first-order valence-corrected chi connectivity index (χ1v) is 11.7. The molecular weight excluding hydrogens is 440 g/mol. The van der Waals surface area contributed by atoms with Gasteiger partial charge in [-0.05, 0) is 11.4 Å². The average molecular weight is 459 g/mol. The highest BCUT2D eigenvalue weighted by atomic mass is 35.5. The van der Waals surface area contributed by atoms with Crippen LogP contribution in [0, 0.1) is 0 Å². The van der Waals surface area contributed by atoms with Gasteiger partial charge in [0.25, 0.3) is 5.91 Å². The summed E-state index contributed by atoms with van der Waals surface area (Å²) in [5.41, 5.74) is 0.323. The van der Waals surface area contributed by atoms with Crippen molar-refractivity contribution in [3.05, 3.63) is 33.5 Å². The molecule has 3 heterocycles. The van der Waals surface area contributed by atoms with Gasteiger partial charge in [-0.25, -0.2) is 8.42 Å². The van der Waals surface area contributed by atoms with E-state index in [0.29, 0.717) is 43.6 Å². The van der Waals surface area contributed by atoms with E-state index in [0.717, 1.165) is 17.8 Å². The van der Waals surface area contributed by atoms with Crippen molar-refractivity contribution < 1.29 is 27.4 Å². The zero-order valence-electron chi connectivity index (χ0n) is 15.4. The van der Waals surface area contributed by atoms with Gasteiger partial charge in [0.05, 0.1) is 37.1 Å². The van der Waals surface area contributed by atoms with Crippen molar-refractivity contribution in [2.24, 2.45) is 0 Å². The predicted octanol–water partition coefficient (Wildman–Crippen LogP) is 2.84. The quantitative estimate of drug-likeness (QED) is 0.757. The maximum Gasteiger partial charge on any atom is 0.267 e. The monoisotopic (exact) mass is 458 g/mol. The number of nitrogens with zero attached hydrogens (tertiary/aromatic N) is 1. The van der Waals surface area contributed by atoms with Crippen molar-refractivity contribution in [2.45, 2.75) is 11.3 Å². The fraction of sp³-hybridized carbons (Fsp3) is 0.389. The van der Waals surface area contributed by atoms with Crippen LogP contribution >= 0.6 is 22.9 Å². The fourth-order valence-corrected chi connectivity index (χ4v) is 5.96. The van der Waals surface area contributed by atoms with Gasteiger partial charge in [-0.3, -0.25) is 4.79 Å². The third-order valence-electron chi connectivity index (χ3n) is 4.51. The molecule has 2 aliphatic rings. The average Bonchev–Trinajstić information content (AvgIpc) is 3.12. The Kier molecular flexibility index (Phi) is 5.98. The van der Waals surface area contributed by atoms with Gasteiger partial charge in [-0.15, -0.1) is 11.3 Å². The van der Waals surface area contributed by atoms with Gasteiger partial charge in [-0.2, -0.15) is 4.31 Å². The highest BCUT2D eigenvalue weighted by Crippen LogP contribution is 2.38. The summed E-state index contributed by atoms with van der Waals surface area (Å²) in [5.74, 6) is 0.440. The summed E-state index contributed by atoms with van der Waals surface area (Å²) >= 11 is 7.34. The first-order valence-electron chi connectivity index (χ1n) is 9.03. The van der Waals surface area contributed by atoms with Crippen molar-refractivity contribution in [1.82, 2.24) is 4.31 Å². The Bertz CT molecular complexity index is 1020. The molecule has 0 bridgehead atoms. The molecule has 0 spiro atoms. The Hall–Kier alpha value is -1.85. The summed E-state index contributed by atoms with van der Waals surface area (Å²) in [6.07, 6.45) is 0.742. The van der Waals surface area contributed by atoms with E-state index in [2.05, 4.69) is 5.32 Å². The number of hydrogen-bond acceptors (Lipinski definition) is 7. The molecule has 2 aliphatic heterocycles. The third kappa shape index (κ3) is 4.22. The second kappa shape index (κ2) is 8.49. The van der Waals surface area contributed by atoms with Gasteiger partial charge in [0.15, 0.2) is 11.5 Å². The molecule has 1 fully saturated rings. The van der Waals surface area contributed by atoms with E-state index in [4.69, 9.17) is 25.8 Å². The lowest BCUT2D eigenvalue weighted by atomic mass is 10.2. The van der Waals surface area contributed by atoms with Gasteiger partial charge in [0.2, 0.25) is 10.0 Å². The predicted molar refractivity (Wildman–Crippen MR) is 109 cm³/mol. The van der Waals surface area contributed by atoms with Gasteiger partial charge < -0.3 is 19.5 Å². The molecule has 29 heavy (non-hydrogen) atoms. The number of ether oxygens (including phenoxy) is 3. The summed E-state index contributed by atoms with van der Waals surface area (Å²) in [6.45, 7) is 2.19. The highest BCUT2D eigenvalue weighted by Gasteiger charge is 2.31. The van der Waals surface area contributed by atoms with Gasteiger partial charge in [0, 0.05) is 31.6 Å². The summed E-state index contributed by atoms with van der Waals surface area (Å²) in [6, 6.07) is 4.61. The second-order valence-corrected chi connectivity index (χ2v) is 9.64. The van der Waals surface area contributed by atoms with E-state index >= 15 is 0 Å². The number of carbonyl (C=O) groups excluding carboxylic acids is 1. The number of hydrogen-bond donors (Lipinski definition) is 1. The molecule has 1 N–H and O–H groups in total. The number of thiophene rings is 1. The normalized spacial score (nSPS) is 17.6. The second-order valence-electron chi connectivity index (χ2n) is 6.41. The Labute approximate surface area is 177 Å². The number of halogens is 1. The molecule has 0 unspecified atom stereocenters. The molecule has 1 saturated heterocycles. The maximum absolute atomic E-state index is 13.0. The Balaban J connectivity index is 1.59. The minimum Gasteiger partial charge on any atom is -0.490 e. The Morgan fingerprint density at radius 3 is 2.52 bits per heavy atom. The Morgan fingerprint density at radius 1 is 1.10 bits per heavy atom. The van der Waals surface area contributed by atoms with Crippen LogP contribution in [0.25, 0.3) is 0 Å². The van der Waals surface area contributed by atoms with Crippen LogP contribution in [0.3, 0.4) is 0 Å². The minimum atomic E-state index is -3.79. The molecule has 2 aromatic rings. The summed E-state index contributed by atoms with van der Waals surface area (Å²) in [7, 11) is -3.79. The van der Waals surface area contributed by atoms with Crippen molar-refractivity contribution in [3.63, 3.8) is 0 Å². The number of benzene rings is 1. The van der Waals surface area contributed by atoms with E-state index in [1.54, 1.807) is 17.5 Å². The molecule has 1 aromatic heterocycles. The van der Waals surface area contributed by atoms with Crippen LogP contribution in [-0.4, -0.2) is 58.1 Å². The number of carbonyl (C=O) groups is 1. The van der Waals surface area contributed by atoms with Crippen molar-refractivity contribution >= 4 is 44.6 Å². The van der Waals surface area contributed by atoms with Crippen LogP contribution in [0.4, 0.5) is 5.69 Å². The number of anilines is 1. The van der Waals surface area contributed by atoms with E-state index in [1.807, 2.05) is 0 Å². The van der Waals surface area contributed by atoms with E-state index in [-0.39, 0.29) is 27.9 Å². The van der Waals surface area contributed by atoms with Crippen molar-refractivity contribution in [2.75, 3.05) is 44.8 Å². The maximum atomic E-state index is 13.0. The van der Waals surface area contributed by atoms with Gasteiger partial charge in [-0.1, -0.05) is 11.6 Å². The zero-order chi connectivity index (χ0) is 20.4. The summed E-state index contributed by atoms with van der Waals surface area (Å²) in [4.78, 5) is 13.0. The van der Waals surface area contributed by atoms with E-state index in [1.165, 1.54) is 10.4 Å². The smallest absolute Gasteiger partial charge is 0.267 e. The number of amides is 1. The SMILES string of the molecule is O=C(Nc1cc2c(cc1Cl)OCCCO2)c1sccc1S(=O)(=O)N1CCOCC1. The molecule has 0 aliphatic carbocycles. The lowest BCUT2D eigenvalue weighted by molar-refractivity contribution is 0.0730. The van der Waals surface area contributed by atoms with Gasteiger partial charge in [0.1, 0.15) is 9.77 Å². The van der Waals surface area contributed by atoms with E-state index < -0.39 is 15.9 Å². The fourth-order valence-electron chi connectivity index (χ4n) is 3.05. The lowest BCUT2D eigenvalue weighted by Gasteiger charge is -2.26. The molecule has 0 atom stereocenters. The Morgan fingerprint density at radius 2 is 1.79 bits per heavy atom. The first kappa shape index (κ1) is 20.4. The largest absolute Gasteiger partial charge is 0.490 e.